The van der Waals surface area contributed by atoms with E-state index >= 15 is 0 Å². The minimum Gasteiger partial charge on any atom is -0.455 e. The quantitative estimate of drug-likeness (QED) is 0.183. The lowest BCUT2D eigenvalue weighted by molar-refractivity contribution is 0.454. The molecule has 1 aliphatic carbocycles. The van der Waals surface area contributed by atoms with Gasteiger partial charge in [-0.1, -0.05) is 139 Å². The number of aromatic nitrogens is 2. The van der Waals surface area contributed by atoms with E-state index in [9.17, 15) is 0 Å². The van der Waals surface area contributed by atoms with Crippen LogP contribution in [0.4, 0.5) is 0 Å². The van der Waals surface area contributed by atoms with Crippen LogP contribution in [0.5, 0.6) is 11.5 Å². The molecule has 1 aliphatic heterocycles. The summed E-state index contributed by atoms with van der Waals surface area (Å²) in [7, 11) is 0. The minimum atomic E-state index is -0.531. The summed E-state index contributed by atoms with van der Waals surface area (Å²) in [5, 5.41) is 0. The lowest BCUT2D eigenvalue weighted by atomic mass is 9.67. The number of hydrogen-bond acceptors (Lipinski definition) is 4. The number of benzene rings is 6. The van der Waals surface area contributed by atoms with Crippen molar-refractivity contribution in [3.05, 3.63) is 204 Å². The number of nitrogens with zero attached hydrogens (tertiary/aromatic N) is 2. The van der Waals surface area contributed by atoms with Gasteiger partial charge in [0.25, 0.3) is 0 Å². The van der Waals surface area contributed by atoms with Crippen LogP contribution in [-0.4, -0.2) is 9.97 Å². The highest BCUT2D eigenvalue weighted by molar-refractivity contribution is 7.99. The molecule has 0 atom stereocenters. The van der Waals surface area contributed by atoms with Crippen molar-refractivity contribution in [1.29, 1.82) is 0 Å². The van der Waals surface area contributed by atoms with Gasteiger partial charge >= 0.3 is 0 Å². The third kappa shape index (κ3) is 4.75. The smallest absolute Gasteiger partial charge is 0.142 e. The Kier molecular flexibility index (Phi) is 6.97. The number of fused-ring (bicyclic) bond motifs is 6. The van der Waals surface area contributed by atoms with E-state index in [0.29, 0.717) is 0 Å². The van der Waals surface area contributed by atoms with Gasteiger partial charge in [-0.2, -0.15) is 0 Å². The summed E-state index contributed by atoms with van der Waals surface area (Å²) >= 11 is 1.79. The van der Waals surface area contributed by atoms with Crippen molar-refractivity contribution in [2.24, 2.45) is 0 Å². The first-order valence-corrected chi connectivity index (χ1v) is 18.0. The minimum absolute atomic E-state index is 0.531. The molecule has 0 bridgehead atoms. The second-order valence-corrected chi connectivity index (χ2v) is 14.0. The second kappa shape index (κ2) is 12.0. The van der Waals surface area contributed by atoms with Gasteiger partial charge in [-0.25, -0.2) is 4.98 Å². The van der Waals surface area contributed by atoms with E-state index in [0.717, 1.165) is 55.1 Å². The van der Waals surface area contributed by atoms with Crippen molar-refractivity contribution < 1.29 is 4.74 Å². The summed E-state index contributed by atoms with van der Waals surface area (Å²) in [6.45, 7) is 0. The van der Waals surface area contributed by atoms with Crippen LogP contribution in [0, 0.1) is 0 Å². The SMILES string of the molecule is c1ccc(-c2cc(-c3ccccn3)cc(-c3ccc4c(c3)-c3c(ccc5c3Sc3ccccc3O5)C4(c3ccccc3)c3ccccc3)n2)cc1. The zero-order valence-corrected chi connectivity index (χ0v) is 28.3. The summed E-state index contributed by atoms with van der Waals surface area (Å²) < 4.78 is 6.60. The maximum atomic E-state index is 6.60. The van der Waals surface area contributed by atoms with E-state index in [1.54, 1.807) is 11.8 Å². The Hall–Kier alpha value is -6.23. The summed E-state index contributed by atoms with van der Waals surface area (Å²) in [5.41, 5.74) is 12.7. The van der Waals surface area contributed by atoms with Crippen molar-refractivity contribution >= 4 is 11.8 Å². The van der Waals surface area contributed by atoms with Crippen LogP contribution in [0.2, 0.25) is 0 Å². The number of hydrogen-bond donors (Lipinski definition) is 0. The van der Waals surface area contributed by atoms with E-state index in [1.165, 1.54) is 33.4 Å². The van der Waals surface area contributed by atoms with Gasteiger partial charge in [0.15, 0.2) is 0 Å². The Labute approximate surface area is 301 Å². The zero-order valence-electron chi connectivity index (χ0n) is 27.5. The molecular weight excluding hydrogens is 641 g/mol. The molecular formula is C47H30N2OS. The fourth-order valence-electron chi connectivity index (χ4n) is 7.84. The molecule has 0 N–H and O–H groups in total. The van der Waals surface area contributed by atoms with Crippen LogP contribution in [0.15, 0.2) is 192 Å². The van der Waals surface area contributed by atoms with E-state index in [4.69, 9.17) is 14.7 Å². The van der Waals surface area contributed by atoms with Gasteiger partial charge in [-0.15, -0.1) is 0 Å². The number of ether oxygens (including phenoxy) is 1. The molecule has 240 valence electrons. The first kappa shape index (κ1) is 29.7. The van der Waals surface area contributed by atoms with Gasteiger partial charge in [-0.3, -0.25) is 4.98 Å². The van der Waals surface area contributed by atoms with E-state index in [1.807, 2.05) is 36.5 Å². The number of para-hydroxylation sites is 1. The highest BCUT2D eigenvalue weighted by Crippen LogP contribution is 2.62. The molecule has 0 spiro atoms. The maximum absolute atomic E-state index is 6.60. The lowest BCUT2D eigenvalue weighted by Gasteiger charge is -2.34. The molecule has 3 nitrogen and oxygen atoms in total. The molecule has 2 aliphatic rings. The molecule has 2 aromatic heterocycles. The van der Waals surface area contributed by atoms with Crippen LogP contribution < -0.4 is 4.74 Å². The van der Waals surface area contributed by atoms with Crippen LogP contribution >= 0.6 is 11.8 Å². The van der Waals surface area contributed by atoms with Gasteiger partial charge in [0.05, 0.1) is 32.3 Å². The molecule has 4 heteroatoms. The van der Waals surface area contributed by atoms with Crippen LogP contribution in [-0.2, 0) is 5.41 Å². The molecule has 0 saturated heterocycles. The van der Waals surface area contributed by atoms with Crippen LogP contribution in [0.1, 0.15) is 22.3 Å². The summed E-state index contributed by atoms with van der Waals surface area (Å²) in [5.74, 6) is 1.77. The van der Waals surface area contributed by atoms with Crippen LogP contribution in [0.3, 0.4) is 0 Å². The molecule has 3 heterocycles. The first-order valence-electron chi connectivity index (χ1n) is 17.1. The molecule has 51 heavy (non-hydrogen) atoms. The Morgan fingerprint density at radius 1 is 0.471 bits per heavy atom. The molecule has 0 amide bonds. The van der Waals surface area contributed by atoms with E-state index in [2.05, 4.69) is 146 Å². The molecule has 0 fully saturated rings. The van der Waals surface area contributed by atoms with Gasteiger partial charge in [0.1, 0.15) is 11.5 Å². The Morgan fingerprint density at radius 3 is 1.84 bits per heavy atom. The fourth-order valence-corrected chi connectivity index (χ4v) is 8.95. The summed E-state index contributed by atoms with van der Waals surface area (Å²) in [4.78, 5) is 12.3. The Morgan fingerprint density at radius 2 is 1.12 bits per heavy atom. The largest absolute Gasteiger partial charge is 0.455 e. The maximum Gasteiger partial charge on any atom is 0.142 e. The zero-order chi connectivity index (χ0) is 33.8. The monoisotopic (exact) mass is 670 g/mol. The van der Waals surface area contributed by atoms with E-state index < -0.39 is 5.41 Å². The van der Waals surface area contributed by atoms with Crippen molar-refractivity contribution in [3.8, 4) is 56.4 Å². The summed E-state index contributed by atoms with van der Waals surface area (Å²) in [6.07, 6.45) is 1.84. The molecule has 10 rings (SSSR count). The van der Waals surface area contributed by atoms with Crippen molar-refractivity contribution in [2.45, 2.75) is 15.2 Å². The highest BCUT2D eigenvalue weighted by atomic mass is 32.2. The molecule has 6 aromatic carbocycles. The second-order valence-electron chi connectivity index (χ2n) is 12.9. The summed E-state index contributed by atoms with van der Waals surface area (Å²) in [6, 6.07) is 62.3. The molecule has 0 radical (unpaired) electrons. The Balaban J connectivity index is 1.26. The normalized spacial score (nSPS) is 13.3. The highest BCUT2D eigenvalue weighted by Gasteiger charge is 2.48. The first-order chi connectivity index (χ1) is 25.3. The van der Waals surface area contributed by atoms with Gasteiger partial charge in [0.2, 0.25) is 0 Å². The van der Waals surface area contributed by atoms with Gasteiger partial charge < -0.3 is 4.74 Å². The van der Waals surface area contributed by atoms with E-state index in [-0.39, 0.29) is 0 Å². The Bertz CT molecular complexity index is 2470. The fraction of sp³-hybridized carbons (Fsp3) is 0.0213. The predicted molar refractivity (Wildman–Crippen MR) is 206 cm³/mol. The van der Waals surface area contributed by atoms with Gasteiger partial charge in [0, 0.05) is 28.5 Å². The third-order valence-corrected chi connectivity index (χ3v) is 11.2. The molecule has 0 saturated carbocycles. The van der Waals surface area contributed by atoms with Gasteiger partial charge in [-0.05, 0) is 76.3 Å². The lowest BCUT2D eigenvalue weighted by Crippen LogP contribution is -2.28. The number of rotatable bonds is 5. The average molecular weight is 671 g/mol. The average Bonchev–Trinajstić information content (AvgIpc) is 3.52. The predicted octanol–water partition coefficient (Wildman–Crippen LogP) is 12.1. The van der Waals surface area contributed by atoms with Crippen LogP contribution in [0.25, 0.3) is 44.9 Å². The van der Waals surface area contributed by atoms with Crippen molar-refractivity contribution in [1.82, 2.24) is 9.97 Å². The van der Waals surface area contributed by atoms with Crippen molar-refractivity contribution in [3.63, 3.8) is 0 Å². The standard InChI is InChI=1S/C47H30N2OS/c1-4-14-31(15-5-1)40-29-33(39-20-12-13-27-48-39)30-41(49-40)32-23-24-37-36(28-32)45-38(25-26-43-46(45)51-44-22-11-10-21-42(44)50-43)47(37,34-16-6-2-7-17-34)35-18-8-3-9-19-35/h1-30H. The molecule has 8 aromatic rings. The third-order valence-electron chi connectivity index (χ3n) is 10.1. The number of pyridine rings is 2. The molecule has 0 unspecified atom stereocenters. The van der Waals surface area contributed by atoms with Crippen molar-refractivity contribution in [2.75, 3.05) is 0 Å². The topological polar surface area (TPSA) is 35.0 Å².